The van der Waals surface area contributed by atoms with E-state index in [1.807, 2.05) is 69.3 Å². The van der Waals surface area contributed by atoms with Crippen LogP contribution in [0.4, 0.5) is 5.69 Å². The van der Waals surface area contributed by atoms with Crippen molar-refractivity contribution in [3.8, 4) is 0 Å². The molecule has 0 aliphatic carbocycles. The van der Waals surface area contributed by atoms with Crippen LogP contribution in [0, 0.1) is 6.92 Å². The predicted molar refractivity (Wildman–Crippen MR) is 137 cm³/mol. The smallest absolute Gasteiger partial charge is 0.242 e. The van der Waals surface area contributed by atoms with E-state index in [0.29, 0.717) is 38.0 Å². The van der Waals surface area contributed by atoms with Crippen LogP contribution in [0.2, 0.25) is 0 Å². The first-order valence-electron chi connectivity index (χ1n) is 11.8. The van der Waals surface area contributed by atoms with Gasteiger partial charge in [0, 0.05) is 26.1 Å². The number of likely N-dealkylation sites (N-methyl/N-ethyl adjacent to an activating group) is 1. The Morgan fingerprint density at radius 1 is 1.00 bits per heavy atom. The van der Waals surface area contributed by atoms with Crippen LogP contribution in [-0.4, -0.2) is 57.1 Å². The summed E-state index contributed by atoms with van der Waals surface area (Å²) in [7, 11) is -3.50. The van der Waals surface area contributed by atoms with Crippen molar-refractivity contribution in [2.45, 2.75) is 52.5 Å². The van der Waals surface area contributed by atoms with Gasteiger partial charge in [-0.15, -0.1) is 0 Å². The molecule has 0 saturated carbocycles. The molecule has 1 N–H and O–H groups in total. The Morgan fingerprint density at radius 3 is 2.29 bits per heavy atom. The standard InChI is InChI=1S/C26H37N3O4S/c1-5-24(26(31)27-6-2)28(19-17-22-13-8-7-9-14-22)25(30)16-11-18-29(34(4,32)33)23-15-10-12-21(3)20-23/h7-10,12-15,20,24H,5-6,11,16-19H2,1-4H3,(H,27,31)/t24-/m0/s1. The Morgan fingerprint density at radius 2 is 1.71 bits per heavy atom. The van der Waals surface area contributed by atoms with E-state index >= 15 is 0 Å². The van der Waals surface area contributed by atoms with Crippen LogP contribution in [0.3, 0.4) is 0 Å². The van der Waals surface area contributed by atoms with E-state index in [1.165, 1.54) is 10.6 Å². The second-order valence-electron chi connectivity index (χ2n) is 8.42. The molecule has 2 amide bonds. The summed E-state index contributed by atoms with van der Waals surface area (Å²) in [6.07, 6.45) is 2.83. The maximum Gasteiger partial charge on any atom is 0.242 e. The number of nitrogens with zero attached hydrogens (tertiary/aromatic N) is 2. The van der Waals surface area contributed by atoms with Gasteiger partial charge in [-0.3, -0.25) is 13.9 Å². The molecule has 7 nitrogen and oxygen atoms in total. The molecule has 0 aromatic heterocycles. The lowest BCUT2D eigenvalue weighted by atomic mass is 10.1. The quantitative estimate of drug-likeness (QED) is 0.468. The van der Waals surface area contributed by atoms with Gasteiger partial charge in [0.2, 0.25) is 21.8 Å². The lowest BCUT2D eigenvalue weighted by Gasteiger charge is -2.31. The number of amides is 2. The molecule has 0 unspecified atom stereocenters. The summed E-state index contributed by atoms with van der Waals surface area (Å²) in [5.74, 6) is -0.310. The van der Waals surface area contributed by atoms with Crippen LogP contribution in [0.5, 0.6) is 0 Å². The number of sulfonamides is 1. The molecule has 2 aromatic rings. The minimum atomic E-state index is -3.50. The lowest BCUT2D eigenvalue weighted by molar-refractivity contribution is -0.140. The maximum atomic E-state index is 13.3. The molecule has 0 aliphatic rings. The first-order valence-corrected chi connectivity index (χ1v) is 13.7. The molecule has 186 valence electrons. The van der Waals surface area contributed by atoms with Crippen LogP contribution in [-0.2, 0) is 26.0 Å². The number of hydrogen-bond donors (Lipinski definition) is 1. The summed E-state index contributed by atoms with van der Waals surface area (Å²) in [5, 5.41) is 2.83. The average molecular weight is 488 g/mol. The number of hydrogen-bond acceptors (Lipinski definition) is 4. The van der Waals surface area contributed by atoms with Crippen molar-refractivity contribution >= 4 is 27.5 Å². The van der Waals surface area contributed by atoms with Gasteiger partial charge >= 0.3 is 0 Å². The molecule has 0 spiro atoms. The van der Waals surface area contributed by atoms with Crippen LogP contribution in [0.15, 0.2) is 54.6 Å². The molecule has 8 heteroatoms. The average Bonchev–Trinajstić information content (AvgIpc) is 2.79. The monoisotopic (exact) mass is 487 g/mol. The van der Waals surface area contributed by atoms with Gasteiger partial charge in [0.05, 0.1) is 11.9 Å². The zero-order chi connectivity index (χ0) is 25.1. The Bertz CT molecular complexity index is 1040. The summed E-state index contributed by atoms with van der Waals surface area (Å²) in [4.78, 5) is 27.6. The van der Waals surface area contributed by atoms with Crippen LogP contribution >= 0.6 is 0 Å². The first kappa shape index (κ1) is 27.4. The van der Waals surface area contributed by atoms with E-state index in [-0.39, 0.29) is 24.8 Å². The molecule has 34 heavy (non-hydrogen) atoms. The van der Waals surface area contributed by atoms with E-state index in [0.717, 1.165) is 11.1 Å². The first-order chi connectivity index (χ1) is 16.2. The highest BCUT2D eigenvalue weighted by atomic mass is 32.2. The van der Waals surface area contributed by atoms with Gasteiger partial charge in [0.25, 0.3) is 0 Å². The minimum Gasteiger partial charge on any atom is -0.355 e. The van der Waals surface area contributed by atoms with Gasteiger partial charge in [-0.05, 0) is 56.4 Å². The SMILES string of the molecule is CCNC(=O)[C@H](CC)N(CCc1ccccc1)C(=O)CCCN(c1cccc(C)c1)S(C)(=O)=O. The number of aryl methyl sites for hydroxylation is 1. The number of rotatable bonds is 13. The van der Waals surface area contributed by atoms with Gasteiger partial charge in [0.1, 0.15) is 6.04 Å². The molecule has 2 aromatic carbocycles. The fourth-order valence-corrected chi connectivity index (χ4v) is 4.93. The number of carbonyl (C=O) groups excluding carboxylic acids is 2. The molecule has 0 fully saturated rings. The van der Waals surface area contributed by atoms with Crippen molar-refractivity contribution in [3.05, 3.63) is 65.7 Å². The second-order valence-corrected chi connectivity index (χ2v) is 10.3. The Hall–Kier alpha value is -2.87. The summed E-state index contributed by atoms with van der Waals surface area (Å²) in [6, 6.07) is 16.6. The van der Waals surface area contributed by atoms with E-state index in [1.54, 1.807) is 11.0 Å². The molecular formula is C26H37N3O4S. The van der Waals surface area contributed by atoms with Crippen LogP contribution in [0.1, 0.15) is 44.2 Å². The van der Waals surface area contributed by atoms with Crippen molar-refractivity contribution in [1.29, 1.82) is 0 Å². The fourth-order valence-electron chi connectivity index (χ4n) is 3.97. The van der Waals surface area contributed by atoms with E-state index in [9.17, 15) is 18.0 Å². The maximum absolute atomic E-state index is 13.3. The van der Waals surface area contributed by atoms with Crippen molar-refractivity contribution in [3.63, 3.8) is 0 Å². The minimum absolute atomic E-state index is 0.147. The van der Waals surface area contributed by atoms with Gasteiger partial charge < -0.3 is 10.2 Å². The van der Waals surface area contributed by atoms with E-state index in [4.69, 9.17) is 0 Å². The third-order valence-electron chi connectivity index (χ3n) is 5.66. The topological polar surface area (TPSA) is 86.8 Å². The van der Waals surface area contributed by atoms with Gasteiger partial charge in [-0.2, -0.15) is 0 Å². The van der Waals surface area contributed by atoms with Crippen molar-refractivity contribution < 1.29 is 18.0 Å². The molecule has 0 aliphatic heterocycles. The highest BCUT2D eigenvalue weighted by Crippen LogP contribution is 2.20. The summed E-state index contributed by atoms with van der Waals surface area (Å²) in [6.45, 7) is 6.77. The number of carbonyl (C=O) groups is 2. The number of nitrogens with one attached hydrogen (secondary N) is 1. The predicted octanol–water partition coefficient (Wildman–Crippen LogP) is 3.53. The number of anilines is 1. The number of benzene rings is 2. The van der Waals surface area contributed by atoms with Crippen LogP contribution < -0.4 is 9.62 Å². The van der Waals surface area contributed by atoms with Gasteiger partial charge in [-0.1, -0.05) is 49.4 Å². The molecule has 2 rings (SSSR count). The van der Waals surface area contributed by atoms with Crippen molar-refractivity contribution in [2.24, 2.45) is 0 Å². The molecule has 0 bridgehead atoms. The Kier molecular flexibility index (Phi) is 10.6. The third kappa shape index (κ3) is 8.17. The lowest BCUT2D eigenvalue weighted by Crippen LogP contribution is -2.50. The highest BCUT2D eigenvalue weighted by molar-refractivity contribution is 7.92. The Labute approximate surface area is 204 Å². The fraction of sp³-hybridized carbons (Fsp3) is 0.462. The molecule has 0 radical (unpaired) electrons. The zero-order valence-electron chi connectivity index (χ0n) is 20.7. The molecule has 0 saturated heterocycles. The van der Waals surface area contributed by atoms with Gasteiger partial charge in [-0.25, -0.2) is 8.42 Å². The summed E-state index contributed by atoms with van der Waals surface area (Å²) >= 11 is 0. The normalized spacial score (nSPS) is 12.1. The van der Waals surface area contributed by atoms with E-state index < -0.39 is 16.1 Å². The van der Waals surface area contributed by atoms with Crippen molar-refractivity contribution in [1.82, 2.24) is 10.2 Å². The summed E-state index contributed by atoms with van der Waals surface area (Å²) in [5.41, 5.74) is 2.64. The highest BCUT2D eigenvalue weighted by Gasteiger charge is 2.28. The third-order valence-corrected chi connectivity index (χ3v) is 6.86. The largest absolute Gasteiger partial charge is 0.355 e. The van der Waals surface area contributed by atoms with Gasteiger partial charge in [0.15, 0.2) is 0 Å². The van der Waals surface area contributed by atoms with Crippen LogP contribution in [0.25, 0.3) is 0 Å². The Balaban J connectivity index is 2.13. The second kappa shape index (κ2) is 13.1. The zero-order valence-corrected chi connectivity index (χ0v) is 21.5. The van der Waals surface area contributed by atoms with Crippen molar-refractivity contribution in [2.75, 3.05) is 30.2 Å². The molecular weight excluding hydrogens is 450 g/mol. The van der Waals surface area contributed by atoms with E-state index in [2.05, 4.69) is 5.32 Å². The molecule has 0 heterocycles. The summed E-state index contributed by atoms with van der Waals surface area (Å²) < 4.78 is 26.1. The molecule has 1 atom stereocenters.